The van der Waals surface area contributed by atoms with E-state index in [1.165, 1.54) is 0 Å². The quantitative estimate of drug-likeness (QED) is 0.513. The summed E-state index contributed by atoms with van der Waals surface area (Å²) in [7, 11) is 0. The van der Waals surface area contributed by atoms with Gasteiger partial charge in [-0.1, -0.05) is 6.92 Å². The molecule has 2 saturated heterocycles. The van der Waals surface area contributed by atoms with Crippen LogP contribution in [0.4, 0.5) is 0 Å². The Balaban J connectivity index is 1.89. The Hall–Kier alpha value is -0.570. The lowest BCUT2D eigenvalue weighted by Gasteiger charge is -2.23. The third-order valence-electron chi connectivity index (χ3n) is 2.43. The number of hydrogen-bond donors (Lipinski definition) is 0. The van der Waals surface area contributed by atoms with Crippen LogP contribution < -0.4 is 0 Å². The highest BCUT2D eigenvalue weighted by atomic mass is 16.6. The number of carbonyl (C=O) groups is 1. The number of epoxide rings is 1. The summed E-state index contributed by atoms with van der Waals surface area (Å²) >= 11 is 0. The van der Waals surface area contributed by atoms with Gasteiger partial charge < -0.3 is 9.64 Å². The van der Waals surface area contributed by atoms with E-state index < -0.39 is 0 Å². The van der Waals surface area contributed by atoms with Crippen molar-refractivity contribution in [2.45, 2.75) is 32.0 Å². The van der Waals surface area contributed by atoms with Crippen LogP contribution in [0.5, 0.6) is 0 Å². The minimum absolute atomic E-state index is 0.263. The Kier molecular flexibility index (Phi) is 1.60. The average molecular weight is 155 g/mol. The molecule has 0 radical (unpaired) electrons. The van der Waals surface area contributed by atoms with E-state index in [4.69, 9.17) is 4.74 Å². The third-order valence-corrected chi connectivity index (χ3v) is 2.43. The van der Waals surface area contributed by atoms with Crippen molar-refractivity contribution in [3.8, 4) is 0 Å². The maximum absolute atomic E-state index is 11.2. The zero-order chi connectivity index (χ0) is 7.84. The molecule has 2 aliphatic rings. The van der Waals surface area contributed by atoms with Crippen molar-refractivity contribution in [2.24, 2.45) is 0 Å². The molecule has 0 N–H and O–H groups in total. The lowest BCUT2D eigenvalue weighted by molar-refractivity contribution is -0.131. The minimum Gasteiger partial charge on any atom is -0.368 e. The maximum atomic E-state index is 11.2. The zero-order valence-electron chi connectivity index (χ0n) is 6.75. The first-order valence-electron chi connectivity index (χ1n) is 4.24. The number of fused-ring (bicyclic) bond motifs is 1. The molecule has 2 aliphatic heterocycles. The monoisotopic (exact) mass is 155 g/mol. The summed E-state index contributed by atoms with van der Waals surface area (Å²) in [6.45, 7) is 3.63. The number of rotatable bonds is 1. The van der Waals surface area contributed by atoms with Crippen molar-refractivity contribution in [2.75, 3.05) is 13.1 Å². The Morgan fingerprint density at radius 2 is 2.45 bits per heavy atom. The number of hydrogen-bond acceptors (Lipinski definition) is 2. The van der Waals surface area contributed by atoms with E-state index in [1.54, 1.807) is 0 Å². The van der Waals surface area contributed by atoms with Crippen LogP contribution in [0, 0.1) is 0 Å². The average Bonchev–Trinajstić information content (AvgIpc) is 2.80. The van der Waals surface area contributed by atoms with Crippen molar-refractivity contribution >= 4 is 5.91 Å². The molecular formula is C8H13NO2. The van der Waals surface area contributed by atoms with Gasteiger partial charge in [0.05, 0.1) is 6.10 Å². The first kappa shape index (κ1) is 7.10. The van der Waals surface area contributed by atoms with Crippen LogP contribution in [-0.4, -0.2) is 36.1 Å². The van der Waals surface area contributed by atoms with Crippen molar-refractivity contribution in [3.63, 3.8) is 0 Å². The topological polar surface area (TPSA) is 32.8 Å². The number of ether oxygens (including phenoxy) is 1. The molecule has 62 valence electrons. The molecule has 0 aromatic carbocycles. The molecule has 3 heteroatoms. The van der Waals surface area contributed by atoms with Crippen LogP contribution in [0.3, 0.4) is 0 Å². The molecule has 0 aromatic rings. The van der Waals surface area contributed by atoms with E-state index in [2.05, 4.69) is 0 Å². The van der Waals surface area contributed by atoms with Gasteiger partial charge in [-0.15, -0.1) is 0 Å². The summed E-state index contributed by atoms with van der Waals surface area (Å²) < 4.78 is 5.31. The van der Waals surface area contributed by atoms with Gasteiger partial charge in [-0.25, -0.2) is 0 Å². The Morgan fingerprint density at radius 1 is 1.64 bits per heavy atom. The van der Waals surface area contributed by atoms with Crippen LogP contribution in [0.1, 0.15) is 19.8 Å². The number of amides is 1. The smallest absolute Gasteiger partial charge is 0.222 e. The van der Waals surface area contributed by atoms with Crippen LogP contribution in [0.15, 0.2) is 0 Å². The van der Waals surface area contributed by atoms with Crippen molar-refractivity contribution in [3.05, 3.63) is 0 Å². The highest BCUT2D eigenvalue weighted by molar-refractivity contribution is 5.76. The first-order valence-corrected chi connectivity index (χ1v) is 4.24. The fourth-order valence-electron chi connectivity index (χ4n) is 1.64. The van der Waals surface area contributed by atoms with Crippen molar-refractivity contribution in [1.29, 1.82) is 0 Å². The third kappa shape index (κ3) is 1.25. The van der Waals surface area contributed by atoms with Gasteiger partial charge >= 0.3 is 0 Å². The number of nitrogens with zero attached hydrogens (tertiary/aromatic N) is 1. The van der Waals surface area contributed by atoms with Gasteiger partial charge in [-0.2, -0.15) is 0 Å². The van der Waals surface area contributed by atoms with E-state index in [-0.39, 0.29) is 5.91 Å². The second-order valence-corrected chi connectivity index (χ2v) is 3.19. The van der Waals surface area contributed by atoms with Gasteiger partial charge in [-0.3, -0.25) is 4.79 Å². The molecule has 0 saturated carbocycles. The Bertz CT molecular complexity index is 181. The SMILES string of the molecule is CCC(=O)N1CCC2OC2C1. The van der Waals surface area contributed by atoms with Gasteiger partial charge in [0.15, 0.2) is 0 Å². The summed E-state index contributed by atoms with van der Waals surface area (Å²) in [5.74, 6) is 0.263. The molecule has 2 fully saturated rings. The predicted molar refractivity (Wildman–Crippen MR) is 40.1 cm³/mol. The molecule has 0 spiro atoms. The Morgan fingerprint density at radius 3 is 3.09 bits per heavy atom. The lowest BCUT2D eigenvalue weighted by Crippen LogP contribution is -2.38. The van der Waals surface area contributed by atoms with Crippen LogP contribution in [0.25, 0.3) is 0 Å². The second kappa shape index (κ2) is 2.48. The van der Waals surface area contributed by atoms with E-state index in [9.17, 15) is 4.79 Å². The molecule has 0 aromatic heterocycles. The Labute approximate surface area is 66.3 Å². The second-order valence-electron chi connectivity index (χ2n) is 3.19. The zero-order valence-corrected chi connectivity index (χ0v) is 6.75. The van der Waals surface area contributed by atoms with Crippen LogP contribution in [-0.2, 0) is 9.53 Å². The lowest BCUT2D eigenvalue weighted by atomic mass is 10.1. The fourth-order valence-corrected chi connectivity index (χ4v) is 1.64. The van der Waals surface area contributed by atoms with E-state index >= 15 is 0 Å². The molecule has 2 atom stereocenters. The summed E-state index contributed by atoms with van der Waals surface area (Å²) in [5.41, 5.74) is 0. The summed E-state index contributed by atoms with van der Waals surface area (Å²) in [6.07, 6.45) is 2.52. The molecule has 2 rings (SSSR count). The van der Waals surface area contributed by atoms with Gasteiger partial charge in [0.1, 0.15) is 6.10 Å². The summed E-state index contributed by atoms with van der Waals surface area (Å²) in [5, 5.41) is 0. The van der Waals surface area contributed by atoms with Gasteiger partial charge in [-0.05, 0) is 6.42 Å². The van der Waals surface area contributed by atoms with Crippen LogP contribution >= 0.6 is 0 Å². The fraction of sp³-hybridized carbons (Fsp3) is 0.875. The maximum Gasteiger partial charge on any atom is 0.222 e. The molecular weight excluding hydrogens is 142 g/mol. The van der Waals surface area contributed by atoms with Crippen molar-refractivity contribution < 1.29 is 9.53 Å². The predicted octanol–water partition coefficient (Wildman–Crippen LogP) is 0.396. The van der Waals surface area contributed by atoms with E-state index in [0.717, 1.165) is 19.5 Å². The summed E-state index contributed by atoms with van der Waals surface area (Å²) in [6, 6.07) is 0. The highest BCUT2D eigenvalue weighted by Gasteiger charge is 2.44. The standard InChI is InChI=1S/C8H13NO2/c1-2-8(10)9-4-3-6-7(5-9)11-6/h6-7H,2-5H2,1H3. The normalized spacial score (nSPS) is 34.8. The highest BCUT2D eigenvalue weighted by Crippen LogP contribution is 2.30. The number of piperidine rings is 1. The molecule has 0 bridgehead atoms. The molecule has 1 amide bonds. The van der Waals surface area contributed by atoms with Gasteiger partial charge in [0.2, 0.25) is 5.91 Å². The number of carbonyl (C=O) groups excluding carboxylic acids is 1. The molecule has 0 aliphatic carbocycles. The number of likely N-dealkylation sites (tertiary alicyclic amines) is 1. The molecule has 2 unspecified atom stereocenters. The van der Waals surface area contributed by atoms with Crippen LogP contribution in [0.2, 0.25) is 0 Å². The summed E-state index contributed by atoms with van der Waals surface area (Å²) in [4.78, 5) is 13.1. The molecule has 2 heterocycles. The molecule has 3 nitrogen and oxygen atoms in total. The largest absolute Gasteiger partial charge is 0.368 e. The van der Waals surface area contributed by atoms with E-state index in [0.29, 0.717) is 18.6 Å². The van der Waals surface area contributed by atoms with E-state index in [1.807, 2.05) is 11.8 Å². The first-order chi connectivity index (χ1) is 5.31. The van der Waals surface area contributed by atoms with Gasteiger partial charge in [0.25, 0.3) is 0 Å². The minimum atomic E-state index is 0.263. The molecule has 11 heavy (non-hydrogen) atoms. The van der Waals surface area contributed by atoms with Crippen molar-refractivity contribution in [1.82, 2.24) is 4.90 Å². The van der Waals surface area contributed by atoms with Gasteiger partial charge in [0, 0.05) is 19.5 Å².